The summed E-state index contributed by atoms with van der Waals surface area (Å²) in [6, 6.07) is 3.77. The number of ether oxygens (including phenoxy) is 2. The highest BCUT2D eigenvalue weighted by atomic mass is 19.3. The highest BCUT2D eigenvalue weighted by Gasteiger charge is 2.43. The zero-order valence-corrected chi connectivity index (χ0v) is 10.2. The van der Waals surface area contributed by atoms with E-state index >= 15 is 0 Å². The third kappa shape index (κ3) is 2.26. The summed E-state index contributed by atoms with van der Waals surface area (Å²) >= 11 is 0. The van der Waals surface area contributed by atoms with E-state index < -0.39 is 18.4 Å². The number of hydrogen-bond donors (Lipinski definition) is 2. The van der Waals surface area contributed by atoms with Crippen LogP contribution in [0.5, 0.6) is 11.5 Å². The monoisotopic (exact) mass is 271 g/mol. The largest absolute Gasteiger partial charge is 0.586 e. The summed E-state index contributed by atoms with van der Waals surface area (Å²) in [4.78, 5) is 0. The molecule has 1 aromatic carbocycles. The fourth-order valence-electron chi connectivity index (χ4n) is 2.44. The molecule has 1 aromatic rings. The van der Waals surface area contributed by atoms with Crippen molar-refractivity contribution in [2.24, 2.45) is 11.7 Å². The summed E-state index contributed by atoms with van der Waals surface area (Å²) in [5.41, 5.74) is 6.55. The summed E-state index contributed by atoms with van der Waals surface area (Å²) in [5, 5.41) is 10.1. The third-order valence-electron chi connectivity index (χ3n) is 3.81. The van der Waals surface area contributed by atoms with Gasteiger partial charge in [-0.1, -0.05) is 12.5 Å². The van der Waals surface area contributed by atoms with Gasteiger partial charge in [-0.25, -0.2) is 0 Å². The van der Waals surface area contributed by atoms with Crippen molar-refractivity contribution >= 4 is 0 Å². The highest BCUT2D eigenvalue weighted by Crippen LogP contribution is 2.43. The Morgan fingerprint density at radius 1 is 1.26 bits per heavy atom. The van der Waals surface area contributed by atoms with Gasteiger partial charge in [0, 0.05) is 0 Å². The summed E-state index contributed by atoms with van der Waals surface area (Å²) < 4.78 is 34.5. The molecule has 0 spiro atoms. The van der Waals surface area contributed by atoms with E-state index in [9.17, 15) is 13.9 Å². The molecule has 3 N–H and O–H groups in total. The van der Waals surface area contributed by atoms with Crippen LogP contribution in [-0.2, 0) is 0 Å². The van der Waals surface area contributed by atoms with Crippen LogP contribution < -0.4 is 15.2 Å². The Kier molecular flexibility index (Phi) is 2.87. The van der Waals surface area contributed by atoms with Gasteiger partial charge in [-0.05, 0) is 36.5 Å². The number of halogens is 2. The lowest BCUT2D eigenvalue weighted by molar-refractivity contribution is -0.286. The molecule has 0 saturated heterocycles. The molecular weight excluding hydrogens is 256 g/mol. The maximum absolute atomic E-state index is 12.9. The van der Waals surface area contributed by atoms with Gasteiger partial charge in [-0.15, -0.1) is 8.78 Å². The summed E-state index contributed by atoms with van der Waals surface area (Å²) in [6.07, 6.45) is -1.27. The number of alkyl halides is 2. The molecule has 6 heteroatoms. The molecule has 0 radical (unpaired) electrons. The summed E-state index contributed by atoms with van der Waals surface area (Å²) in [7, 11) is 0. The van der Waals surface area contributed by atoms with E-state index in [0.29, 0.717) is 5.56 Å². The maximum atomic E-state index is 12.9. The molecule has 0 amide bonds. The van der Waals surface area contributed by atoms with Crippen molar-refractivity contribution in [3.63, 3.8) is 0 Å². The first-order chi connectivity index (χ1) is 8.96. The Bertz CT molecular complexity index is 491. The minimum Gasteiger partial charge on any atom is -0.395 e. The Morgan fingerprint density at radius 3 is 2.58 bits per heavy atom. The van der Waals surface area contributed by atoms with Crippen LogP contribution in [0.25, 0.3) is 0 Å². The van der Waals surface area contributed by atoms with Crippen LogP contribution in [0.1, 0.15) is 30.9 Å². The lowest BCUT2D eigenvalue weighted by Crippen LogP contribution is -2.36. The van der Waals surface area contributed by atoms with Crippen molar-refractivity contribution in [1.29, 1.82) is 0 Å². The summed E-state index contributed by atoms with van der Waals surface area (Å²) in [5.74, 6) is 0.139. The van der Waals surface area contributed by atoms with Crippen molar-refractivity contribution in [2.45, 2.75) is 37.7 Å². The van der Waals surface area contributed by atoms with Crippen LogP contribution in [0, 0.1) is 5.92 Å². The third-order valence-corrected chi connectivity index (χ3v) is 3.81. The highest BCUT2D eigenvalue weighted by molar-refractivity contribution is 5.46. The molecule has 1 saturated carbocycles. The van der Waals surface area contributed by atoms with Crippen LogP contribution in [0.3, 0.4) is 0 Å². The molecule has 4 nitrogen and oxygen atoms in total. The van der Waals surface area contributed by atoms with Gasteiger partial charge in [0.2, 0.25) is 0 Å². The second-order valence-electron chi connectivity index (χ2n) is 5.08. The van der Waals surface area contributed by atoms with E-state index in [1.807, 2.05) is 0 Å². The molecule has 1 aliphatic heterocycles. The topological polar surface area (TPSA) is 64.7 Å². The van der Waals surface area contributed by atoms with Crippen LogP contribution >= 0.6 is 0 Å². The molecule has 1 heterocycles. The van der Waals surface area contributed by atoms with E-state index in [0.717, 1.165) is 19.3 Å². The maximum Gasteiger partial charge on any atom is 0.586 e. The van der Waals surface area contributed by atoms with Crippen molar-refractivity contribution in [3.05, 3.63) is 23.8 Å². The molecule has 104 valence electrons. The molecule has 2 aliphatic rings. The fraction of sp³-hybridized carbons (Fsp3) is 0.538. The molecule has 1 aliphatic carbocycles. The smallest absolute Gasteiger partial charge is 0.395 e. The molecule has 3 rings (SSSR count). The number of aliphatic hydroxyl groups is 1. The van der Waals surface area contributed by atoms with Gasteiger partial charge in [0.15, 0.2) is 11.5 Å². The zero-order valence-electron chi connectivity index (χ0n) is 10.2. The number of aliphatic hydroxyl groups excluding tert-OH is 1. The SMILES string of the molecule is N[C@@H](c1ccc2c(c1)OC(F)(F)O2)[C@H](O)C1CCC1. The van der Waals surface area contributed by atoms with Gasteiger partial charge in [-0.2, -0.15) is 0 Å². The molecule has 0 unspecified atom stereocenters. The Labute approximate surface area is 109 Å². The number of nitrogens with two attached hydrogens (primary N) is 1. The van der Waals surface area contributed by atoms with E-state index in [1.165, 1.54) is 12.1 Å². The predicted molar refractivity (Wildman–Crippen MR) is 62.9 cm³/mol. The molecular formula is C13H15F2NO3. The first-order valence-electron chi connectivity index (χ1n) is 6.30. The van der Waals surface area contributed by atoms with Gasteiger partial charge in [-0.3, -0.25) is 0 Å². The lowest BCUT2D eigenvalue weighted by atomic mass is 9.77. The van der Waals surface area contributed by atoms with Gasteiger partial charge >= 0.3 is 6.29 Å². The van der Waals surface area contributed by atoms with Crippen molar-refractivity contribution in [1.82, 2.24) is 0 Å². The number of hydrogen-bond acceptors (Lipinski definition) is 4. The van der Waals surface area contributed by atoms with Crippen LogP contribution in [0.4, 0.5) is 8.78 Å². The van der Waals surface area contributed by atoms with Gasteiger partial charge < -0.3 is 20.3 Å². The molecule has 1 fully saturated rings. The average molecular weight is 271 g/mol. The first kappa shape index (κ1) is 12.6. The number of benzene rings is 1. The fourth-order valence-corrected chi connectivity index (χ4v) is 2.44. The van der Waals surface area contributed by atoms with Gasteiger partial charge in [0.1, 0.15) is 0 Å². The van der Waals surface area contributed by atoms with E-state index in [2.05, 4.69) is 9.47 Å². The van der Waals surface area contributed by atoms with E-state index in [-0.39, 0.29) is 17.4 Å². The van der Waals surface area contributed by atoms with Gasteiger partial charge in [0.25, 0.3) is 0 Å². The zero-order chi connectivity index (χ0) is 13.6. The normalized spacial score (nSPS) is 23.8. The standard InChI is InChI=1S/C13H15F2NO3/c14-13(15)18-9-5-4-8(6-10(9)19-13)11(16)12(17)7-2-1-3-7/h4-7,11-12,17H,1-3,16H2/t11-,12+/m0/s1. The van der Waals surface area contributed by atoms with E-state index in [1.54, 1.807) is 6.07 Å². The Hall–Kier alpha value is -1.40. The second-order valence-corrected chi connectivity index (χ2v) is 5.08. The molecule has 19 heavy (non-hydrogen) atoms. The first-order valence-corrected chi connectivity index (χ1v) is 6.30. The Balaban J connectivity index is 1.79. The van der Waals surface area contributed by atoms with Gasteiger partial charge in [0.05, 0.1) is 12.1 Å². The van der Waals surface area contributed by atoms with Crippen LogP contribution in [0.2, 0.25) is 0 Å². The van der Waals surface area contributed by atoms with Crippen LogP contribution in [-0.4, -0.2) is 17.5 Å². The minimum atomic E-state index is -3.63. The second kappa shape index (κ2) is 4.31. The molecule has 0 bridgehead atoms. The summed E-state index contributed by atoms with van der Waals surface area (Å²) in [6.45, 7) is 0. The van der Waals surface area contributed by atoms with Crippen molar-refractivity contribution in [3.8, 4) is 11.5 Å². The number of fused-ring (bicyclic) bond motifs is 1. The quantitative estimate of drug-likeness (QED) is 0.884. The minimum absolute atomic E-state index is 0.0147. The van der Waals surface area contributed by atoms with Crippen molar-refractivity contribution < 1.29 is 23.4 Å². The van der Waals surface area contributed by atoms with Crippen LogP contribution in [0.15, 0.2) is 18.2 Å². The lowest BCUT2D eigenvalue weighted by Gasteiger charge is -2.33. The van der Waals surface area contributed by atoms with E-state index in [4.69, 9.17) is 5.73 Å². The Morgan fingerprint density at radius 2 is 1.95 bits per heavy atom. The molecule has 2 atom stereocenters. The predicted octanol–water partition coefficient (Wildman–Crippen LogP) is 2.17. The number of rotatable bonds is 3. The van der Waals surface area contributed by atoms with Crippen molar-refractivity contribution in [2.75, 3.05) is 0 Å². The molecule has 0 aromatic heterocycles. The average Bonchev–Trinajstić information content (AvgIpc) is 2.58.